The quantitative estimate of drug-likeness (QED) is 0.783. The molecule has 0 unspecified atom stereocenters. The average molecular weight is 298 g/mol. The molecule has 2 aliphatic carbocycles. The summed E-state index contributed by atoms with van der Waals surface area (Å²) in [5.41, 5.74) is 1.99. The van der Waals surface area contributed by atoms with E-state index in [1.54, 1.807) is 7.11 Å². The summed E-state index contributed by atoms with van der Waals surface area (Å²) in [6, 6.07) is 7.77. The molecule has 114 valence electrons. The number of allylic oxidation sites excluding steroid dienone is 1. The number of Topliss-reactive ketones (excluding diaryl/α,β-unsaturated/α-hetero) is 1. The second-order valence-corrected chi connectivity index (χ2v) is 5.24. The Kier molecular flexibility index (Phi) is 3.51. The molecule has 0 atom stereocenters. The van der Waals surface area contributed by atoms with E-state index in [0.29, 0.717) is 23.3 Å². The highest BCUT2D eigenvalue weighted by molar-refractivity contribution is 6.35. The van der Waals surface area contributed by atoms with Gasteiger partial charge in [0.15, 0.2) is 0 Å². The Morgan fingerprint density at radius 3 is 2.45 bits per heavy atom. The van der Waals surface area contributed by atoms with E-state index in [4.69, 9.17) is 14.2 Å². The summed E-state index contributed by atoms with van der Waals surface area (Å²) in [6.07, 6.45) is 2.68. The number of rotatable bonds is 3. The van der Waals surface area contributed by atoms with Crippen molar-refractivity contribution >= 4 is 17.4 Å². The minimum Gasteiger partial charge on any atom is -0.496 e. The molecule has 3 rings (SSSR count). The molecule has 0 aliphatic heterocycles. The van der Waals surface area contributed by atoms with Crippen LogP contribution in [-0.4, -0.2) is 32.9 Å². The predicted octanol–water partition coefficient (Wildman–Crippen LogP) is 1.05. The third-order valence-corrected chi connectivity index (χ3v) is 4.23. The summed E-state index contributed by atoms with van der Waals surface area (Å²) in [6.45, 7) is 4.07. The topological polar surface area (TPSA) is 44.8 Å². The zero-order chi connectivity index (χ0) is 15.9. The van der Waals surface area contributed by atoms with Crippen LogP contribution in [0.3, 0.4) is 0 Å². The molecule has 1 saturated carbocycles. The predicted molar refractivity (Wildman–Crippen MR) is 83.1 cm³/mol. The van der Waals surface area contributed by atoms with Crippen molar-refractivity contribution in [1.29, 1.82) is 0 Å². The number of methoxy groups -OCH3 is 3. The Morgan fingerprint density at radius 1 is 1.14 bits per heavy atom. The standard InChI is InChI=1S/C18H18O4/c1-11-9-10-12-7-5-6-8-13(12)14-15(16(11)20-2)18(21-3,22-4)17(14)19/h5-8,10H,1,9H2,2-4H3/b12-10-,14-13+,16-15-. The van der Waals surface area contributed by atoms with E-state index in [1.807, 2.05) is 30.3 Å². The molecule has 0 N–H and O–H groups in total. The average Bonchev–Trinajstić information content (AvgIpc) is 2.54. The lowest BCUT2D eigenvalue weighted by Crippen LogP contribution is -2.58. The second-order valence-electron chi connectivity index (χ2n) is 5.24. The summed E-state index contributed by atoms with van der Waals surface area (Å²) in [4.78, 5) is 12.8. The first-order valence-electron chi connectivity index (χ1n) is 7.02. The molecular formula is C18H18O4. The molecule has 4 heteroatoms. The van der Waals surface area contributed by atoms with Crippen molar-refractivity contribution in [3.05, 3.63) is 58.2 Å². The first-order valence-corrected chi connectivity index (χ1v) is 7.02. The smallest absolute Gasteiger partial charge is 0.265 e. The van der Waals surface area contributed by atoms with Gasteiger partial charge >= 0.3 is 0 Å². The number of ketones is 1. The number of fused-ring (bicyclic) bond motifs is 2. The minimum atomic E-state index is -1.41. The number of carbonyl (C=O) groups is 1. The summed E-state index contributed by atoms with van der Waals surface area (Å²) in [7, 11) is 4.48. The first kappa shape index (κ1) is 14.8. The van der Waals surface area contributed by atoms with E-state index >= 15 is 0 Å². The maximum Gasteiger partial charge on any atom is 0.265 e. The van der Waals surface area contributed by atoms with Gasteiger partial charge in [0, 0.05) is 19.8 Å². The Bertz CT molecular complexity index is 810. The fraction of sp³-hybridized carbons (Fsp3) is 0.278. The lowest BCUT2D eigenvalue weighted by Gasteiger charge is -2.43. The largest absolute Gasteiger partial charge is 0.496 e. The van der Waals surface area contributed by atoms with E-state index in [0.717, 1.165) is 16.0 Å². The summed E-state index contributed by atoms with van der Waals surface area (Å²) >= 11 is 0. The molecule has 0 saturated heterocycles. The van der Waals surface area contributed by atoms with Crippen LogP contribution in [0.25, 0.3) is 11.6 Å². The van der Waals surface area contributed by atoms with Crippen LogP contribution in [0.2, 0.25) is 0 Å². The normalized spacial score (nSPS) is 26.8. The summed E-state index contributed by atoms with van der Waals surface area (Å²) < 4.78 is 16.4. The van der Waals surface area contributed by atoms with Crippen molar-refractivity contribution < 1.29 is 19.0 Å². The molecule has 0 aromatic heterocycles. The lowest BCUT2D eigenvalue weighted by molar-refractivity contribution is -0.192. The van der Waals surface area contributed by atoms with Gasteiger partial charge in [-0.15, -0.1) is 0 Å². The van der Waals surface area contributed by atoms with E-state index in [-0.39, 0.29) is 5.78 Å². The molecule has 2 aliphatic rings. The molecule has 1 aromatic carbocycles. The summed E-state index contributed by atoms with van der Waals surface area (Å²) in [5.74, 6) is -1.05. The van der Waals surface area contributed by atoms with Crippen LogP contribution in [0.4, 0.5) is 0 Å². The zero-order valence-electron chi connectivity index (χ0n) is 12.9. The fourth-order valence-corrected chi connectivity index (χ4v) is 3.14. The van der Waals surface area contributed by atoms with Crippen LogP contribution < -0.4 is 10.4 Å². The fourth-order valence-electron chi connectivity index (χ4n) is 3.14. The van der Waals surface area contributed by atoms with Crippen molar-refractivity contribution in [3.8, 4) is 0 Å². The Morgan fingerprint density at radius 2 is 1.82 bits per heavy atom. The molecule has 0 bridgehead atoms. The molecule has 1 aromatic rings. The molecule has 4 nitrogen and oxygen atoms in total. The van der Waals surface area contributed by atoms with Crippen LogP contribution >= 0.6 is 0 Å². The van der Waals surface area contributed by atoms with Crippen molar-refractivity contribution in [2.24, 2.45) is 0 Å². The maximum absolute atomic E-state index is 12.8. The second kappa shape index (κ2) is 5.23. The van der Waals surface area contributed by atoms with Crippen molar-refractivity contribution in [2.45, 2.75) is 12.2 Å². The van der Waals surface area contributed by atoms with E-state index < -0.39 is 5.79 Å². The minimum absolute atomic E-state index is 0.197. The van der Waals surface area contributed by atoms with Gasteiger partial charge in [0.1, 0.15) is 5.76 Å². The molecule has 0 amide bonds. The van der Waals surface area contributed by atoms with E-state index in [1.165, 1.54) is 14.2 Å². The van der Waals surface area contributed by atoms with Gasteiger partial charge in [-0.3, -0.25) is 4.79 Å². The SMILES string of the molecule is C=C1C/C=c2/cccc/c2=C2\C(=O)C(OC)(OC)\C2=C\1OC. The van der Waals surface area contributed by atoms with Crippen LogP contribution in [0.15, 0.2) is 47.7 Å². The third-order valence-electron chi connectivity index (χ3n) is 4.23. The molecule has 0 heterocycles. The first-order chi connectivity index (χ1) is 10.6. The van der Waals surface area contributed by atoms with Gasteiger partial charge in [0.2, 0.25) is 5.78 Å². The van der Waals surface area contributed by atoms with Crippen LogP contribution in [0, 0.1) is 0 Å². The third kappa shape index (κ3) is 1.74. The van der Waals surface area contributed by atoms with Gasteiger partial charge in [-0.05, 0) is 22.4 Å². The Labute approximate surface area is 129 Å². The number of carbonyl (C=O) groups excluding carboxylic acids is 1. The Balaban J connectivity index is 2.46. The molecular weight excluding hydrogens is 280 g/mol. The molecule has 1 fully saturated rings. The van der Waals surface area contributed by atoms with Crippen LogP contribution in [-0.2, 0) is 19.0 Å². The van der Waals surface area contributed by atoms with Crippen LogP contribution in [0.1, 0.15) is 6.42 Å². The maximum atomic E-state index is 12.8. The van der Waals surface area contributed by atoms with Gasteiger partial charge in [0.25, 0.3) is 5.79 Å². The number of ether oxygens (including phenoxy) is 3. The number of benzene rings is 1. The van der Waals surface area contributed by atoms with Gasteiger partial charge in [-0.2, -0.15) is 0 Å². The Hall–Kier alpha value is -2.17. The number of hydrogen-bond donors (Lipinski definition) is 0. The van der Waals surface area contributed by atoms with Crippen molar-refractivity contribution in [1.82, 2.24) is 0 Å². The van der Waals surface area contributed by atoms with Gasteiger partial charge in [0.05, 0.1) is 12.7 Å². The molecule has 0 spiro atoms. The monoisotopic (exact) mass is 298 g/mol. The summed E-state index contributed by atoms with van der Waals surface area (Å²) in [5, 5.41) is 1.87. The van der Waals surface area contributed by atoms with Crippen molar-refractivity contribution in [2.75, 3.05) is 21.3 Å². The lowest BCUT2D eigenvalue weighted by atomic mass is 9.73. The highest BCUT2D eigenvalue weighted by Crippen LogP contribution is 2.46. The zero-order valence-corrected chi connectivity index (χ0v) is 12.9. The van der Waals surface area contributed by atoms with E-state index in [9.17, 15) is 4.79 Å². The van der Waals surface area contributed by atoms with Gasteiger partial charge < -0.3 is 14.2 Å². The van der Waals surface area contributed by atoms with E-state index in [2.05, 4.69) is 6.58 Å². The molecule has 0 radical (unpaired) electrons. The highest BCUT2D eigenvalue weighted by Gasteiger charge is 2.59. The number of hydrogen-bond acceptors (Lipinski definition) is 4. The van der Waals surface area contributed by atoms with Crippen molar-refractivity contribution in [3.63, 3.8) is 0 Å². The highest BCUT2D eigenvalue weighted by atomic mass is 16.7. The van der Waals surface area contributed by atoms with Gasteiger partial charge in [-0.1, -0.05) is 36.9 Å². The van der Waals surface area contributed by atoms with Crippen LogP contribution in [0.5, 0.6) is 0 Å². The van der Waals surface area contributed by atoms with Gasteiger partial charge in [-0.25, -0.2) is 0 Å². The molecule has 22 heavy (non-hydrogen) atoms.